The maximum atomic E-state index is 10.6. The lowest BCUT2D eigenvalue weighted by Gasteiger charge is -2.02. The molecule has 0 bridgehead atoms. The average molecular weight is 331 g/mol. The summed E-state index contributed by atoms with van der Waals surface area (Å²) in [6.45, 7) is 2.23. The minimum Gasteiger partial charge on any atom is -0.464 e. The second kappa shape index (κ2) is 4.77. The highest BCUT2D eigenvalue weighted by atomic mass is 127. The molecule has 2 aromatic heterocycles. The lowest BCUT2D eigenvalue weighted by atomic mass is 10.4. The molecule has 0 unspecified atom stereocenters. The van der Waals surface area contributed by atoms with Crippen molar-refractivity contribution in [2.75, 3.05) is 6.61 Å². The number of hydrogen-bond acceptors (Lipinski definition) is 4. The van der Waals surface area contributed by atoms with Gasteiger partial charge in [0.25, 0.3) is 0 Å². The predicted octanol–water partition coefficient (Wildman–Crippen LogP) is 1.60. The number of aromatic nitrogens is 3. The number of esters is 1. The first-order chi connectivity index (χ1) is 7.68. The highest BCUT2D eigenvalue weighted by Gasteiger charge is 2.08. The molecule has 0 aliphatic heterocycles. The predicted molar refractivity (Wildman–Crippen MR) is 66.9 cm³/mol. The van der Waals surface area contributed by atoms with E-state index in [1.165, 1.54) is 6.92 Å². The van der Waals surface area contributed by atoms with Gasteiger partial charge >= 0.3 is 5.97 Å². The van der Waals surface area contributed by atoms with Gasteiger partial charge in [-0.3, -0.25) is 4.79 Å². The minimum absolute atomic E-state index is 0.279. The van der Waals surface area contributed by atoms with E-state index < -0.39 is 0 Å². The molecule has 0 saturated heterocycles. The van der Waals surface area contributed by atoms with E-state index in [-0.39, 0.29) is 5.97 Å². The molecule has 16 heavy (non-hydrogen) atoms. The summed E-state index contributed by atoms with van der Waals surface area (Å²) in [5, 5.41) is 5.36. The molecule has 0 atom stereocenters. The van der Waals surface area contributed by atoms with Crippen molar-refractivity contribution in [2.24, 2.45) is 0 Å². The first-order valence-electron chi connectivity index (χ1n) is 4.79. The minimum atomic E-state index is -0.279. The van der Waals surface area contributed by atoms with Crippen LogP contribution in [-0.2, 0) is 16.1 Å². The van der Waals surface area contributed by atoms with Crippen LogP contribution < -0.4 is 0 Å². The smallest absolute Gasteiger partial charge is 0.302 e. The highest BCUT2D eigenvalue weighted by molar-refractivity contribution is 14.1. The number of halogens is 1. The largest absolute Gasteiger partial charge is 0.464 e. The summed E-state index contributed by atoms with van der Waals surface area (Å²) in [7, 11) is 0. The summed E-state index contributed by atoms with van der Waals surface area (Å²) in [6.07, 6.45) is 1.72. The zero-order valence-electron chi connectivity index (χ0n) is 8.68. The Labute approximate surface area is 106 Å². The maximum Gasteiger partial charge on any atom is 0.302 e. The SMILES string of the molecule is CC(=O)OCCn1nc(I)c2cccnc21. The van der Waals surface area contributed by atoms with E-state index >= 15 is 0 Å². The van der Waals surface area contributed by atoms with Crippen molar-refractivity contribution in [2.45, 2.75) is 13.5 Å². The van der Waals surface area contributed by atoms with Crippen LogP contribution in [0.5, 0.6) is 0 Å². The summed E-state index contributed by atoms with van der Waals surface area (Å²) in [6, 6.07) is 3.85. The molecule has 2 rings (SSSR count). The zero-order chi connectivity index (χ0) is 11.5. The number of rotatable bonds is 3. The van der Waals surface area contributed by atoms with Crippen LogP contribution in [0.3, 0.4) is 0 Å². The fourth-order valence-corrected chi connectivity index (χ4v) is 2.08. The fourth-order valence-electron chi connectivity index (χ4n) is 1.40. The third-order valence-electron chi connectivity index (χ3n) is 2.07. The summed E-state index contributed by atoms with van der Waals surface area (Å²) in [5.74, 6) is -0.279. The molecule has 6 heteroatoms. The Morgan fingerprint density at radius 2 is 2.44 bits per heavy atom. The van der Waals surface area contributed by atoms with Gasteiger partial charge in [-0.25, -0.2) is 9.67 Å². The molecule has 0 aliphatic rings. The van der Waals surface area contributed by atoms with E-state index in [9.17, 15) is 4.79 Å². The van der Waals surface area contributed by atoms with Gasteiger partial charge in [-0.2, -0.15) is 5.10 Å². The summed E-state index contributed by atoms with van der Waals surface area (Å²) in [5.41, 5.74) is 0.819. The van der Waals surface area contributed by atoms with E-state index in [1.54, 1.807) is 10.9 Å². The standard InChI is InChI=1S/C10H10IN3O2/c1-7(15)16-6-5-14-10-8(9(11)13-14)3-2-4-12-10/h2-4H,5-6H2,1H3. The van der Waals surface area contributed by atoms with Crippen LogP contribution in [-0.4, -0.2) is 27.3 Å². The molecule has 0 N–H and O–H groups in total. The van der Waals surface area contributed by atoms with Crippen LogP contribution in [0.4, 0.5) is 0 Å². The molecule has 0 spiro atoms. The average Bonchev–Trinajstić information content (AvgIpc) is 2.57. The maximum absolute atomic E-state index is 10.6. The van der Waals surface area contributed by atoms with E-state index in [4.69, 9.17) is 4.74 Å². The molecule has 0 aliphatic carbocycles. The van der Waals surface area contributed by atoms with Gasteiger partial charge in [0.05, 0.1) is 11.9 Å². The van der Waals surface area contributed by atoms with Gasteiger partial charge in [0.2, 0.25) is 0 Å². The summed E-state index contributed by atoms with van der Waals surface area (Å²) >= 11 is 2.16. The van der Waals surface area contributed by atoms with Crippen molar-refractivity contribution >= 4 is 39.6 Å². The molecule has 2 heterocycles. The van der Waals surface area contributed by atoms with E-state index in [2.05, 4.69) is 32.7 Å². The quantitative estimate of drug-likeness (QED) is 0.633. The Morgan fingerprint density at radius 1 is 1.62 bits per heavy atom. The monoisotopic (exact) mass is 331 g/mol. The van der Waals surface area contributed by atoms with Crippen LogP contribution in [0, 0.1) is 3.70 Å². The summed E-state index contributed by atoms with van der Waals surface area (Å²) in [4.78, 5) is 14.9. The zero-order valence-corrected chi connectivity index (χ0v) is 10.8. The molecule has 0 aromatic carbocycles. The van der Waals surface area contributed by atoms with E-state index in [0.717, 1.165) is 14.7 Å². The van der Waals surface area contributed by atoms with Crippen LogP contribution in [0.25, 0.3) is 11.0 Å². The molecule has 0 saturated carbocycles. The Kier molecular flexibility index (Phi) is 3.37. The van der Waals surface area contributed by atoms with Crippen molar-refractivity contribution in [1.82, 2.24) is 14.8 Å². The van der Waals surface area contributed by atoms with Gasteiger partial charge in [-0.1, -0.05) is 0 Å². The van der Waals surface area contributed by atoms with Crippen LogP contribution >= 0.6 is 22.6 Å². The van der Waals surface area contributed by atoms with Gasteiger partial charge < -0.3 is 4.74 Å². The number of pyridine rings is 1. The van der Waals surface area contributed by atoms with Crippen molar-refractivity contribution in [1.29, 1.82) is 0 Å². The molecule has 2 aromatic rings. The van der Waals surface area contributed by atoms with Gasteiger partial charge in [0.15, 0.2) is 5.65 Å². The number of carbonyl (C=O) groups is 1. The van der Waals surface area contributed by atoms with E-state index in [1.807, 2.05) is 12.1 Å². The molecular weight excluding hydrogens is 321 g/mol. The summed E-state index contributed by atoms with van der Waals surface area (Å²) < 4.78 is 7.53. The number of carbonyl (C=O) groups excluding carboxylic acids is 1. The van der Waals surface area contributed by atoms with Crippen LogP contribution in [0.1, 0.15) is 6.92 Å². The van der Waals surface area contributed by atoms with Crippen LogP contribution in [0.15, 0.2) is 18.3 Å². The van der Waals surface area contributed by atoms with E-state index in [0.29, 0.717) is 13.2 Å². The Morgan fingerprint density at radius 3 is 3.19 bits per heavy atom. The molecule has 0 fully saturated rings. The van der Waals surface area contributed by atoms with Gasteiger partial charge in [0.1, 0.15) is 10.3 Å². The van der Waals surface area contributed by atoms with Crippen LogP contribution in [0.2, 0.25) is 0 Å². The molecule has 0 amide bonds. The lowest BCUT2D eigenvalue weighted by Crippen LogP contribution is -2.10. The number of hydrogen-bond donors (Lipinski definition) is 0. The van der Waals surface area contributed by atoms with Crippen molar-refractivity contribution < 1.29 is 9.53 Å². The molecule has 0 radical (unpaired) electrons. The second-order valence-corrected chi connectivity index (χ2v) is 4.25. The fraction of sp³-hybridized carbons (Fsp3) is 0.300. The van der Waals surface area contributed by atoms with Gasteiger partial charge in [0, 0.05) is 13.1 Å². The number of fused-ring (bicyclic) bond motifs is 1. The molecular formula is C10H10IN3O2. The van der Waals surface area contributed by atoms with Gasteiger partial charge in [-0.15, -0.1) is 0 Å². The Bertz CT molecular complexity index is 524. The molecule has 84 valence electrons. The normalized spacial score (nSPS) is 10.6. The van der Waals surface area contributed by atoms with Crippen molar-refractivity contribution in [3.05, 3.63) is 22.0 Å². The first kappa shape index (κ1) is 11.3. The second-order valence-electron chi connectivity index (χ2n) is 3.23. The van der Waals surface area contributed by atoms with Crippen molar-refractivity contribution in [3.8, 4) is 0 Å². The Balaban J connectivity index is 2.21. The van der Waals surface area contributed by atoms with Crippen molar-refractivity contribution in [3.63, 3.8) is 0 Å². The Hall–Kier alpha value is -1.18. The first-order valence-corrected chi connectivity index (χ1v) is 5.87. The number of nitrogens with zero attached hydrogens (tertiary/aromatic N) is 3. The number of ether oxygens (including phenoxy) is 1. The topological polar surface area (TPSA) is 57.0 Å². The van der Waals surface area contributed by atoms with Gasteiger partial charge in [-0.05, 0) is 34.7 Å². The highest BCUT2D eigenvalue weighted by Crippen LogP contribution is 2.17. The third-order valence-corrected chi connectivity index (χ3v) is 2.87. The lowest BCUT2D eigenvalue weighted by molar-refractivity contribution is -0.141. The molecule has 5 nitrogen and oxygen atoms in total. The third kappa shape index (κ3) is 2.31.